The zero-order valence-corrected chi connectivity index (χ0v) is 7.06. The van der Waals surface area contributed by atoms with Gasteiger partial charge in [0.05, 0.1) is 5.84 Å². The summed E-state index contributed by atoms with van der Waals surface area (Å²) < 4.78 is 0. The highest BCUT2D eigenvalue weighted by Gasteiger charge is 2.19. The Hall–Kier alpha value is -0.790. The lowest BCUT2D eigenvalue weighted by molar-refractivity contribution is 0.410. The fourth-order valence-electron chi connectivity index (χ4n) is 1.64. The molecule has 0 saturated carbocycles. The second-order valence-electron chi connectivity index (χ2n) is 3.39. The van der Waals surface area contributed by atoms with Gasteiger partial charge in [0.15, 0.2) is 0 Å². The van der Waals surface area contributed by atoms with Crippen LogP contribution in [0.5, 0.6) is 0 Å². The quantitative estimate of drug-likeness (QED) is 0.583. The van der Waals surface area contributed by atoms with Crippen LogP contribution < -0.4 is 5.32 Å². The van der Waals surface area contributed by atoms with E-state index in [1.807, 2.05) is 6.08 Å². The molecule has 0 bridgehead atoms. The van der Waals surface area contributed by atoms with E-state index in [0.717, 1.165) is 12.8 Å². The molecular weight excluding hydrogens is 136 g/mol. The standard InChI is InChI=1S/C9H16N2/c1-3-4-8-5-7(2)6-9(10)11-8/h3,7-8H,1,4-6H2,2H3,(H2,10,11). The average molecular weight is 152 g/mol. The first-order valence-electron chi connectivity index (χ1n) is 4.17. The Morgan fingerprint density at radius 1 is 1.82 bits per heavy atom. The van der Waals surface area contributed by atoms with Crippen LogP contribution in [-0.2, 0) is 0 Å². The number of amidine groups is 1. The maximum Gasteiger partial charge on any atom is 0.0936 e. The van der Waals surface area contributed by atoms with Crippen molar-refractivity contribution in [2.75, 3.05) is 0 Å². The molecule has 0 amide bonds. The van der Waals surface area contributed by atoms with Crippen molar-refractivity contribution >= 4 is 5.84 Å². The third-order valence-electron chi connectivity index (χ3n) is 2.07. The van der Waals surface area contributed by atoms with Crippen molar-refractivity contribution in [3.63, 3.8) is 0 Å². The molecule has 62 valence electrons. The molecule has 0 radical (unpaired) electrons. The van der Waals surface area contributed by atoms with Gasteiger partial charge in [0.2, 0.25) is 0 Å². The number of hydrogen-bond acceptors (Lipinski definition) is 1. The van der Waals surface area contributed by atoms with E-state index in [1.165, 1.54) is 6.42 Å². The van der Waals surface area contributed by atoms with Crippen LogP contribution >= 0.6 is 0 Å². The Kier molecular flexibility index (Phi) is 2.69. The van der Waals surface area contributed by atoms with Gasteiger partial charge in [-0.05, 0) is 18.8 Å². The maximum absolute atomic E-state index is 7.48. The topological polar surface area (TPSA) is 35.9 Å². The van der Waals surface area contributed by atoms with E-state index >= 15 is 0 Å². The lowest BCUT2D eigenvalue weighted by Crippen LogP contribution is -2.40. The van der Waals surface area contributed by atoms with E-state index in [9.17, 15) is 0 Å². The zero-order valence-electron chi connectivity index (χ0n) is 7.06. The Bertz CT molecular complexity index is 163. The molecule has 1 heterocycles. The molecule has 0 spiro atoms. The van der Waals surface area contributed by atoms with Crippen molar-refractivity contribution in [3.05, 3.63) is 12.7 Å². The summed E-state index contributed by atoms with van der Waals surface area (Å²) in [6, 6.07) is 0.462. The normalized spacial score (nSPS) is 31.2. The fourth-order valence-corrected chi connectivity index (χ4v) is 1.64. The van der Waals surface area contributed by atoms with Crippen LogP contribution in [-0.4, -0.2) is 11.9 Å². The highest BCUT2D eigenvalue weighted by Crippen LogP contribution is 2.17. The molecule has 11 heavy (non-hydrogen) atoms. The number of piperidine rings is 1. The third-order valence-corrected chi connectivity index (χ3v) is 2.07. The van der Waals surface area contributed by atoms with Crippen molar-refractivity contribution in [2.45, 2.75) is 32.2 Å². The summed E-state index contributed by atoms with van der Waals surface area (Å²) in [6.07, 6.45) is 4.98. The minimum Gasteiger partial charge on any atom is -0.371 e. The highest BCUT2D eigenvalue weighted by atomic mass is 15.0. The van der Waals surface area contributed by atoms with Gasteiger partial charge < -0.3 is 5.32 Å². The molecule has 1 aliphatic heterocycles. The lowest BCUT2D eigenvalue weighted by Gasteiger charge is -2.28. The molecule has 1 fully saturated rings. The molecule has 0 aliphatic carbocycles. The van der Waals surface area contributed by atoms with Crippen molar-refractivity contribution in [2.24, 2.45) is 5.92 Å². The first-order chi connectivity index (χ1) is 5.22. The summed E-state index contributed by atoms with van der Waals surface area (Å²) in [7, 11) is 0. The molecule has 1 saturated heterocycles. The summed E-state index contributed by atoms with van der Waals surface area (Å²) in [5.74, 6) is 1.35. The second kappa shape index (κ2) is 3.56. The van der Waals surface area contributed by atoms with Gasteiger partial charge >= 0.3 is 0 Å². The van der Waals surface area contributed by atoms with Gasteiger partial charge in [-0.1, -0.05) is 13.0 Å². The van der Waals surface area contributed by atoms with E-state index in [1.54, 1.807) is 0 Å². The minimum atomic E-state index is 0.462. The first kappa shape index (κ1) is 8.31. The van der Waals surface area contributed by atoms with Gasteiger partial charge in [-0.15, -0.1) is 6.58 Å². The van der Waals surface area contributed by atoms with Crippen molar-refractivity contribution in [3.8, 4) is 0 Å². The van der Waals surface area contributed by atoms with Gasteiger partial charge in [-0.3, -0.25) is 5.41 Å². The summed E-state index contributed by atoms with van der Waals surface area (Å²) in [5, 5.41) is 10.6. The van der Waals surface area contributed by atoms with E-state index in [0.29, 0.717) is 17.8 Å². The zero-order chi connectivity index (χ0) is 8.27. The molecular formula is C9H16N2. The molecule has 2 heteroatoms. The van der Waals surface area contributed by atoms with Gasteiger partial charge in [0, 0.05) is 12.5 Å². The van der Waals surface area contributed by atoms with Crippen LogP contribution in [0, 0.1) is 11.3 Å². The Morgan fingerprint density at radius 2 is 2.55 bits per heavy atom. The van der Waals surface area contributed by atoms with Gasteiger partial charge in [0.1, 0.15) is 0 Å². The maximum atomic E-state index is 7.48. The fraction of sp³-hybridized carbons (Fsp3) is 0.667. The van der Waals surface area contributed by atoms with Crippen LogP contribution in [0.2, 0.25) is 0 Å². The van der Waals surface area contributed by atoms with E-state index in [2.05, 4.69) is 18.8 Å². The van der Waals surface area contributed by atoms with E-state index in [-0.39, 0.29) is 0 Å². The summed E-state index contributed by atoms with van der Waals surface area (Å²) in [6.45, 7) is 5.89. The molecule has 1 rings (SSSR count). The minimum absolute atomic E-state index is 0.462. The van der Waals surface area contributed by atoms with Crippen LogP contribution in [0.15, 0.2) is 12.7 Å². The SMILES string of the molecule is C=CCC1CC(C)CC(=N)N1. The molecule has 2 atom stereocenters. The van der Waals surface area contributed by atoms with Gasteiger partial charge in [0.25, 0.3) is 0 Å². The van der Waals surface area contributed by atoms with Crippen molar-refractivity contribution in [1.82, 2.24) is 5.32 Å². The van der Waals surface area contributed by atoms with Gasteiger partial charge in [-0.25, -0.2) is 0 Å². The number of hydrogen-bond donors (Lipinski definition) is 2. The molecule has 0 aromatic rings. The Labute approximate surface area is 68.2 Å². The summed E-state index contributed by atoms with van der Waals surface area (Å²) in [4.78, 5) is 0. The van der Waals surface area contributed by atoms with Crippen LogP contribution in [0.4, 0.5) is 0 Å². The largest absolute Gasteiger partial charge is 0.371 e. The second-order valence-corrected chi connectivity index (χ2v) is 3.39. The van der Waals surface area contributed by atoms with Crippen LogP contribution in [0.3, 0.4) is 0 Å². The predicted octanol–water partition coefficient (Wildman–Crippen LogP) is 1.93. The molecule has 2 nitrogen and oxygen atoms in total. The lowest BCUT2D eigenvalue weighted by atomic mass is 9.92. The predicted molar refractivity (Wildman–Crippen MR) is 47.9 cm³/mol. The number of rotatable bonds is 2. The number of nitrogens with one attached hydrogen (secondary N) is 2. The smallest absolute Gasteiger partial charge is 0.0936 e. The molecule has 1 aliphatic rings. The van der Waals surface area contributed by atoms with Crippen LogP contribution in [0.1, 0.15) is 26.2 Å². The van der Waals surface area contributed by atoms with Crippen LogP contribution in [0.25, 0.3) is 0 Å². The summed E-state index contributed by atoms with van der Waals surface area (Å²) in [5.41, 5.74) is 0. The summed E-state index contributed by atoms with van der Waals surface area (Å²) >= 11 is 0. The van der Waals surface area contributed by atoms with Crippen molar-refractivity contribution < 1.29 is 0 Å². The molecule has 2 unspecified atom stereocenters. The first-order valence-corrected chi connectivity index (χ1v) is 4.17. The average Bonchev–Trinajstić information content (AvgIpc) is 1.85. The van der Waals surface area contributed by atoms with E-state index < -0.39 is 0 Å². The third kappa shape index (κ3) is 2.37. The van der Waals surface area contributed by atoms with E-state index in [4.69, 9.17) is 5.41 Å². The Morgan fingerprint density at radius 3 is 3.09 bits per heavy atom. The highest BCUT2D eigenvalue weighted by molar-refractivity contribution is 5.80. The Balaban J connectivity index is 2.42. The molecule has 0 aromatic heterocycles. The van der Waals surface area contributed by atoms with Gasteiger partial charge in [-0.2, -0.15) is 0 Å². The molecule has 0 aromatic carbocycles. The molecule has 2 N–H and O–H groups in total. The van der Waals surface area contributed by atoms with Crippen molar-refractivity contribution in [1.29, 1.82) is 5.41 Å². The monoisotopic (exact) mass is 152 g/mol.